The van der Waals surface area contributed by atoms with Gasteiger partial charge in [-0.05, 0) is 12.1 Å². The van der Waals surface area contributed by atoms with E-state index in [0.717, 1.165) is 0 Å². The van der Waals surface area contributed by atoms with Crippen LogP contribution in [0.5, 0.6) is 0 Å². The van der Waals surface area contributed by atoms with E-state index < -0.39 is 6.04 Å². The summed E-state index contributed by atoms with van der Waals surface area (Å²) in [5.41, 5.74) is 0.533. The quantitative estimate of drug-likeness (QED) is 0.589. The number of aliphatic hydroxyl groups excluding tert-OH is 2. The topological polar surface area (TPSA) is 81.6 Å². The lowest BCUT2D eigenvalue weighted by molar-refractivity contribution is -0.115. The van der Waals surface area contributed by atoms with Gasteiger partial charge in [0.2, 0.25) is 5.91 Å². The van der Waals surface area contributed by atoms with Crippen molar-refractivity contribution in [3.63, 3.8) is 0 Å². The summed E-state index contributed by atoms with van der Waals surface area (Å²) < 4.78 is 0. The minimum atomic E-state index is -0.494. The van der Waals surface area contributed by atoms with Crippen LogP contribution in [0.3, 0.4) is 0 Å². The Morgan fingerprint density at radius 2 is 1.94 bits per heavy atom. The minimum absolute atomic E-state index is 0.00297. The fourth-order valence-electron chi connectivity index (χ4n) is 1.18. The van der Waals surface area contributed by atoms with Crippen LogP contribution in [0.2, 0.25) is 5.02 Å². The molecule has 0 saturated carbocycles. The molecule has 4 N–H and O–H groups in total. The number of rotatable bonds is 6. The van der Waals surface area contributed by atoms with Crippen LogP contribution in [0.25, 0.3) is 0 Å². The van der Waals surface area contributed by atoms with E-state index in [4.69, 9.17) is 21.8 Å². The molecule has 1 amide bonds. The average Bonchev–Trinajstić information content (AvgIpc) is 2.33. The summed E-state index contributed by atoms with van der Waals surface area (Å²) in [6.45, 7) is -0.456. The summed E-state index contributed by atoms with van der Waals surface area (Å²) in [6.07, 6.45) is 0. The van der Waals surface area contributed by atoms with E-state index in [1.54, 1.807) is 24.3 Å². The summed E-state index contributed by atoms with van der Waals surface area (Å²) in [4.78, 5) is 11.5. The van der Waals surface area contributed by atoms with E-state index in [1.165, 1.54) is 0 Å². The Hall–Kier alpha value is -1.14. The van der Waals surface area contributed by atoms with Crippen molar-refractivity contribution in [2.75, 3.05) is 25.1 Å². The maximum absolute atomic E-state index is 11.5. The Labute approximate surface area is 104 Å². The number of hydrogen-bond donors (Lipinski definition) is 4. The average molecular weight is 259 g/mol. The highest BCUT2D eigenvalue weighted by Gasteiger charge is 2.09. The molecule has 1 aromatic rings. The number of halogens is 1. The minimum Gasteiger partial charge on any atom is -0.395 e. The number of nitrogens with one attached hydrogen (secondary N) is 2. The SMILES string of the molecule is O=C(CNC(CO)CO)Nc1ccccc1Cl. The maximum atomic E-state index is 11.5. The number of aliphatic hydroxyl groups is 2. The summed E-state index contributed by atoms with van der Waals surface area (Å²) in [5.74, 6) is -0.287. The van der Waals surface area contributed by atoms with Crippen LogP contribution in [0.1, 0.15) is 0 Å². The first-order chi connectivity index (χ1) is 8.17. The molecule has 0 aliphatic rings. The van der Waals surface area contributed by atoms with Gasteiger partial charge in [-0.3, -0.25) is 4.79 Å². The van der Waals surface area contributed by atoms with Gasteiger partial charge in [0, 0.05) is 0 Å². The molecule has 0 aromatic heterocycles. The van der Waals surface area contributed by atoms with Crippen LogP contribution in [0.15, 0.2) is 24.3 Å². The molecular weight excluding hydrogens is 244 g/mol. The number of para-hydroxylation sites is 1. The molecule has 5 nitrogen and oxygen atoms in total. The summed E-state index contributed by atoms with van der Waals surface area (Å²) >= 11 is 5.87. The summed E-state index contributed by atoms with van der Waals surface area (Å²) in [5, 5.41) is 23.4. The Morgan fingerprint density at radius 3 is 2.53 bits per heavy atom. The van der Waals surface area contributed by atoms with Crippen molar-refractivity contribution in [1.29, 1.82) is 0 Å². The van der Waals surface area contributed by atoms with Crippen molar-refractivity contribution in [1.82, 2.24) is 5.32 Å². The second-order valence-electron chi connectivity index (χ2n) is 3.47. The van der Waals surface area contributed by atoms with Crippen molar-refractivity contribution in [3.05, 3.63) is 29.3 Å². The third-order valence-corrected chi connectivity index (χ3v) is 2.47. The van der Waals surface area contributed by atoms with Crippen LogP contribution in [-0.2, 0) is 4.79 Å². The standard InChI is InChI=1S/C11H15ClN2O3/c12-9-3-1-2-4-10(9)14-11(17)5-13-8(6-15)7-16/h1-4,8,13,15-16H,5-7H2,(H,14,17). The molecule has 94 valence electrons. The van der Waals surface area contributed by atoms with Gasteiger partial charge in [-0.25, -0.2) is 0 Å². The smallest absolute Gasteiger partial charge is 0.238 e. The second-order valence-corrected chi connectivity index (χ2v) is 3.88. The first-order valence-corrected chi connectivity index (χ1v) is 5.54. The Bertz CT molecular complexity index is 369. The second kappa shape index (κ2) is 7.24. The Morgan fingerprint density at radius 1 is 1.29 bits per heavy atom. The number of amides is 1. The van der Waals surface area contributed by atoms with Gasteiger partial charge in [-0.1, -0.05) is 23.7 Å². The van der Waals surface area contributed by atoms with Gasteiger partial charge >= 0.3 is 0 Å². The normalized spacial score (nSPS) is 10.6. The van der Waals surface area contributed by atoms with Crippen LogP contribution < -0.4 is 10.6 Å². The van der Waals surface area contributed by atoms with E-state index in [2.05, 4.69) is 10.6 Å². The number of carbonyl (C=O) groups is 1. The molecule has 0 spiro atoms. The van der Waals surface area contributed by atoms with Gasteiger partial charge < -0.3 is 20.8 Å². The molecule has 0 fully saturated rings. The zero-order valence-corrected chi connectivity index (χ0v) is 9.94. The van der Waals surface area contributed by atoms with Crippen LogP contribution >= 0.6 is 11.6 Å². The van der Waals surface area contributed by atoms with Crippen molar-refractivity contribution in [2.45, 2.75) is 6.04 Å². The fraction of sp³-hybridized carbons (Fsp3) is 0.364. The molecule has 0 atom stereocenters. The molecule has 0 unspecified atom stereocenters. The molecule has 0 aliphatic heterocycles. The lowest BCUT2D eigenvalue weighted by Gasteiger charge is -2.13. The highest BCUT2D eigenvalue weighted by Crippen LogP contribution is 2.19. The maximum Gasteiger partial charge on any atom is 0.238 e. The van der Waals surface area contributed by atoms with Crippen molar-refractivity contribution in [3.8, 4) is 0 Å². The molecule has 17 heavy (non-hydrogen) atoms. The largest absolute Gasteiger partial charge is 0.395 e. The van der Waals surface area contributed by atoms with Crippen molar-refractivity contribution in [2.24, 2.45) is 0 Å². The van der Waals surface area contributed by atoms with Crippen LogP contribution in [-0.4, -0.2) is 41.9 Å². The van der Waals surface area contributed by atoms with E-state index in [-0.39, 0.29) is 25.7 Å². The molecule has 0 saturated heterocycles. The monoisotopic (exact) mass is 258 g/mol. The van der Waals surface area contributed by atoms with Crippen LogP contribution in [0, 0.1) is 0 Å². The molecule has 0 heterocycles. The predicted octanol–water partition coefficient (Wildman–Crippen LogP) is 0.221. The van der Waals surface area contributed by atoms with E-state index >= 15 is 0 Å². The number of hydrogen-bond acceptors (Lipinski definition) is 4. The highest BCUT2D eigenvalue weighted by atomic mass is 35.5. The molecule has 1 aromatic carbocycles. The van der Waals surface area contributed by atoms with Crippen molar-refractivity contribution >= 4 is 23.2 Å². The van der Waals surface area contributed by atoms with Crippen LogP contribution in [0.4, 0.5) is 5.69 Å². The first kappa shape index (κ1) is 13.9. The van der Waals surface area contributed by atoms with E-state index in [9.17, 15) is 4.79 Å². The first-order valence-electron chi connectivity index (χ1n) is 5.17. The molecule has 0 aliphatic carbocycles. The Balaban J connectivity index is 2.42. The molecule has 0 bridgehead atoms. The fourth-order valence-corrected chi connectivity index (χ4v) is 1.36. The lowest BCUT2D eigenvalue weighted by Crippen LogP contribution is -2.40. The molecule has 1 rings (SSSR count). The zero-order valence-electron chi connectivity index (χ0n) is 9.19. The lowest BCUT2D eigenvalue weighted by atomic mass is 10.3. The van der Waals surface area contributed by atoms with Gasteiger partial charge in [-0.15, -0.1) is 0 Å². The summed E-state index contributed by atoms with van der Waals surface area (Å²) in [6, 6.07) is 6.40. The highest BCUT2D eigenvalue weighted by molar-refractivity contribution is 6.33. The third kappa shape index (κ3) is 4.70. The van der Waals surface area contributed by atoms with Gasteiger partial charge in [0.05, 0.1) is 36.5 Å². The number of benzene rings is 1. The zero-order chi connectivity index (χ0) is 12.7. The summed E-state index contributed by atoms with van der Waals surface area (Å²) in [7, 11) is 0. The predicted molar refractivity (Wildman–Crippen MR) is 66.0 cm³/mol. The third-order valence-electron chi connectivity index (χ3n) is 2.14. The number of anilines is 1. The van der Waals surface area contributed by atoms with Gasteiger partial charge in [0.25, 0.3) is 0 Å². The number of carbonyl (C=O) groups excluding carboxylic acids is 1. The molecule has 6 heteroatoms. The Kier molecular flexibility index (Phi) is 5.93. The van der Waals surface area contributed by atoms with Gasteiger partial charge in [0.1, 0.15) is 0 Å². The molecular formula is C11H15ClN2O3. The van der Waals surface area contributed by atoms with Gasteiger partial charge in [-0.2, -0.15) is 0 Å². The van der Waals surface area contributed by atoms with Gasteiger partial charge in [0.15, 0.2) is 0 Å². The van der Waals surface area contributed by atoms with E-state index in [1.807, 2.05) is 0 Å². The van der Waals surface area contributed by atoms with E-state index in [0.29, 0.717) is 10.7 Å². The van der Waals surface area contributed by atoms with Crippen molar-refractivity contribution < 1.29 is 15.0 Å². The molecule has 0 radical (unpaired) electrons.